The molecule has 0 saturated heterocycles. The summed E-state index contributed by atoms with van der Waals surface area (Å²) in [7, 11) is 3.99. The van der Waals surface area contributed by atoms with E-state index < -0.39 is 4.92 Å². The van der Waals surface area contributed by atoms with Crippen molar-refractivity contribution in [2.45, 2.75) is 6.42 Å². The molecule has 26 heavy (non-hydrogen) atoms. The maximum Gasteiger partial charge on any atom is 0.281 e. The lowest BCUT2D eigenvalue weighted by molar-refractivity contribution is -0.383. The Kier molecular flexibility index (Phi) is 6.18. The summed E-state index contributed by atoms with van der Waals surface area (Å²) in [6, 6.07) is 11.9. The molecule has 0 unspecified atom stereocenters. The van der Waals surface area contributed by atoms with Crippen LogP contribution in [0.1, 0.15) is 6.42 Å². The number of non-ortho nitro benzene ring substituents is 1. The lowest BCUT2D eigenvalue weighted by Crippen LogP contribution is -2.16. The third kappa shape index (κ3) is 3.63. The van der Waals surface area contributed by atoms with Crippen LogP contribution in [-0.4, -0.2) is 46.9 Å². The van der Waals surface area contributed by atoms with Gasteiger partial charge in [-0.15, -0.1) is 12.4 Å². The summed E-state index contributed by atoms with van der Waals surface area (Å²) < 4.78 is 0.997. The number of nitro groups is 1. The zero-order chi connectivity index (χ0) is 18.0. The van der Waals surface area contributed by atoms with Crippen molar-refractivity contribution in [1.29, 1.82) is 0 Å². The molecule has 0 aliphatic carbocycles. The van der Waals surface area contributed by atoms with Crippen molar-refractivity contribution in [3.05, 3.63) is 57.9 Å². The molecule has 3 rings (SSSR count). The van der Waals surface area contributed by atoms with Gasteiger partial charge in [0.2, 0.25) is 0 Å². The van der Waals surface area contributed by atoms with Gasteiger partial charge in [0.1, 0.15) is 5.39 Å². The molecule has 0 amide bonds. The molecule has 0 atom stereocenters. The minimum atomic E-state index is -0.435. The number of nitrogens with zero attached hydrogens (tertiary/aromatic N) is 4. The monoisotopic (exact) mass is 376 g/mol. The molecule has 8 heteroatoms. The standard InChI is InChI=1S/C18H20N4O3.ClH/c1-20(2)12-6-11-19-18-13-7-3-4-8-14(13)21(23)15-9-5-10-16(17(15)18)22(24)25;/h3-5,7-10,23H,6,11-12H2,1-2H3;1H. The highest BCUT2D eigenvalue weighted by Crippen LogP contribution is 2.25. The van der Waals surface area contributed by atoms with Gasteiger partial charge in [-0.05, 0) is 39.2 Å². The third-order valence-corrected chi connectivity index (χ3v) is 4.10. The molecule has 0 aliphatic heterocycles. The largest absolute Gasteiger partial charge is 0.428 e. The van der Waals surface area contributed by atoms with E-state index in [2.05, 4.69) is 9.89 Å². The normalized spacial score (nSPS) is 11.9. The van der Waals surface area contributed by atoms with Gasteiger partial charge in [-0.2, -0.15) is 4.73 Å². The van der Waals surface area contributed by atoms with E-state index >= 15 is 0 Å². The molecule has 0 saturated carbocycles. The van der Waals surface area contributed by atoms with E-state index in [0.29, 0.717) is 33.7 Å². The first kappa shape index (κ1) is 19.7. The van der Waals surface area contributed by atoms with Gasteiger partial charge in [-0.3, -0.25) is 15.1 Å². The molecule has 0 bridgehead atoms. The maximum atomic E-state index is 11.5. The number of pyridine rings is 1. The zero-order valence-electron chi connectivity index (χ0n) is 14.6. The van der Waals surface area contributed by atoms with Crippen LogP contribution in [0.2, 0.25) is 0 Å². The molecule has 1 aromatic heterocycles. The van der Waals surface area contributed by atoms with E-state index in [9.17, 15) is 15.3 Å². The van der Waals surface area contributed by atoms with Crippen LogP contribution in [0.3, 0.4) is 0 Å². The number of hydrogen-bond acceptors (Lipinski definition) is 5. The number of fused-ring (bicyclic) bond motifs is 2. The van der Waals surface area contributed by atoms with Crippen LogP contribution in [0.15, 0.2) is 47.5 Å². The number of nitro benzene ring substituents is 1. The summed E-state index contributed by atoms with van der Waals surface area (Å²) in [6.07, 6.45) is 0.845. The van der Waals surface area contributed by atoms with Crippen LogP contribution in [-0.2, 0) is 0 Å². The topological polar surface area (TPSA) is 83.9 Å². The predicted octanol–water partition coefficient (Wildman–Crippen LogP) is 3.21. The van der Waals surface area contributed by atoms with Crippen molar-refractivity contribution >= 4 is 39.9 Å². The highest BCUT2D eigenvalue weighted by molar-refractivity contribution is 5.97. The van der Waals surface area contributed by atoms with Crippen LogP contribution < -0.4 is 5.36 Å². The molecular formula is C18H21ClN4O3. The highest BCUT2D eigenvalue weighted by atomic mass is 35.5. The maximum absolute atomic E-state index is 11.5. The predicted molar refractivity (Wildman–Crippen MR) is 104 cm³/mol. The zero-order valence-corrected chi connectivity index (χ0v) is 15.4. The Labute approximate surface area is 156 Å². The van der Waals surface area contributed by atoms with Crippen molar-refractivity contribution in [2.75, 3.05) is 27.2 Å². The van der Waals surface area contributed by atoms with Gasteiger partial charge in [0.15, 0.2) is 0 Å². The van der Waals surface area contributed by atoms with E-state index in [1.54, 1.807) is 18.2 Å². The van der Waals surface area contributed by atoms with Crippen molar-refractivity contribution < 1.29 is 10.1 Å². The van der Waals surface area contributed by atoms with Crippen LogP contribution in [0, 0.1) is 10.1 Å². The lowest BCUT2D eigenvalue weighted by atomic mass is 10.1. The molecule has 0 aliphatic rings. The molecule has 3 aromatic rings. The van der Waals surface area contributed by atoms with Crippen LogP contribution >= 0.6 is 12.4 Å². The third-order valence-electron chi connectivity index (χ3n) is 4.10. The first-order chi connectivity index (χ1) is 12.0. The van der Waals surface area contributed by atoms with Crippen molar-refractivity contribution in [1.82, 2.24) is 9.63 Å². The fourth-order valence-corrected chi connectivity index (χ4v) is 2.96. The van der Waals surface area contributed by atoms with Crippen LogP contribution in [0.5, 0.6) is 0 Å². The van der Waals surface area contributed by atoms with Crippen molar-refractivity contribution in [2.24, 2.45) is 4.99 Å². The molecule has 7 nitrogen and oxygen atoms in total. The molecule has 0 radical (unpaired) electrons. The number of hydrogen-bond donors (Lipinski definition) is 1. The summed E-state index contributed by atoms with van der Waals surface area (Å²) in [5.74, 6) is 0. The van der Waals surface area contributed by atoms with E-state index in [1.807, 2.05) is 32.3 Å². The number of halogens is 1. The van der Waals surface area contributed by atoms with Crippen molar-refractivity contribution in [3.8, 4) is 0 Å². The van der Waals surface area contributed by atoms with Gasteiger partial charge < -0.3 is 10.1 Å². The van der Waals surface area contributed by atoms with E-state index in [-0.39, 0.29) is 18.1 Å². The van der Waals surface area contributed by atoms with Gasteiger partial charge >= 0.3 is 0 Å². The molecule has 1 heterocycles. The van der Waals surface area contributed by atoms with Gasteiger partial charge in [-0.1, -0.05) is 24.3 Å². The van der Waals surface area contributed by atoms with Crippen LogP contribution in [0.4, 0.5) is 5.69 Å². The SMILES string of the molecule is CN(C)CCCN=c1c2ccccc2n(O)c2cccc([N+](=O)[O-])c12.Cl. The van der Waals surface area contributed by atoms with E-state index in [1.165, 1.54) is 6.07 Å². The summed E-state index contributed by atoms with van der Waals surface area (Å²) in [5, 5.41) is 23.6. The van der Waals surface area contributed by atoms with Gasteiger partial charge in [-0.25, -0.2) is 0 Å². The highest BCUT2D eigenvalue weighted by Gasteiger charge is 2.18. The Hall–Kier alpha value is -2.64. The minimum Gasteiger partial charge on any atom is -0.428 e. The second-order valence-corrected chi connectivity index (χ2v) is 6.14. The molecule has 1 N–H and O–H groups in total. The fourth-order valence-electron chi connectivity index (χ4n) is 2.96. The number of aromatic nitrogens is 1. The quantitative estimate of drug-likeness (QED) is 0.243. The second-order valence-electron chi connectivity index (χ2n) is 6.14. The summed E-state index contributed by atoms with van der Waals surface area (Å²) >= 11 is 0. The second kappa shape index (κ2) is 8.16. The van der Waals surface area contributed by atoms with E-state index in [0.717, 1.165) is 17.7 Å². The average Bonchev–Trinajstić information content (AvgIpc) is 2.60. The Balaban J connectivity index is 0.00000243. The summed E-state index contributed by atoms with van der Waals surface area (Å²) in [6.45, 7) is 1.44. The first-order valence-corrected chi connectivity index (χ1v) is 8.06. The fraction of sp³-hybridized carbons (Fsp3) is 0.278. The summed E-state index contributed by atoms with van der Waals surface area (Å²) in [4.78, 5) is 17.8. The Morgan fingerprint density at radius 3 is 2.54 bits per heavy atom. The minimum absolute atomic E-state index is 0. The average molecular weight is 377 g/mol. The van der Waals surface area contributed by atoms with Gasteiger partial charge in [0.25, 0.3) is 5.69 Å². The van der Waals surface area contributed by atoms with Gasteiger partial charge in [0, 0.05) is 18.0 Å². The lowest BCUT2D eigenvalue weighted by Gasteiger charge is -2.11. The van der Waals surface area contributed by atoms with Gasteiger partial charge in [0.05, 0.1) is 21.3 Å². The van der Waals surface area contributed by atoms with E-state index in [4.69, 9.17) is 0 Å². The number of benzene rings is 2. The molecular weight excluding hydrogens is 356 g/mol. The first-order valence-electron chi connectivity index (χ1n) is 8.06. The number of rotatable bonds is 5. The number of para-hydroxylation sites is 1. The van der Waals surface area contributed by atoms with Crippen molar-refractivity contribution in [3.63, 3.8) is 0 Å². The molecule has 0 spiro atoms. The Bertz CT molecular complexity index is 1010. The molecule has 138 valence electrons. The smallest absolute Gasteiger partial charge is 0.281 e. The summed E-state index contributed by atoms with van der Waals surface area (Å²) in [5.41, 5.74) is 0.888. The van der Waals surface area contributed by atoms with Crippen LogP contribution in [0.25, 0.3) is 21.8 Å². The Morgan fingerprint density at radius 2 is 1.85 bits per heavy atom. The Morgan fingerprint density at radius 1 is 1.15 bits per heavy atom. The molecule has 0 fully saturated rings. The molecule has 2 aromatic carbocycles.